The fourth-order valence-electron chi connectivity index (χ4n) is 3.38. The number of hydrogen-bond acceptors (Lipinski definition) is 6. The number of carbonyl (C=O) groups excluding carboxylic acids is 4. The van der Waals surface area contributed by atoms with Gasteiger partial charge in [-0.3, -0.25) is 24.1 Å². The molecule has 0 atom stereocenters. The van der Waals surface area contributed by atoms with Crippen LogP contribution in [0.5, 0.6) is 5.75 Å². The lowest BCUT2D eigenvalue weighted by Gasteiger charge is -2.13. The predicted molar refractivity (Wildman–Crippen MR) is 145 cm³/mol. The second-order valence-corrected chi connectivity index (χ2v) is 9.44. The van der Waals surface area contributed by atoms with Crippen molar-refractivity contribution in [3.05, 3.63) is 93.9 Å². The van der Waals surface area contributed by atoms with Crippen molar-refractivity contribution in [3.8, 4) is 5.75 Å². The second-order valence-electron chi connectivity index (χ2n) is 8.04. The first kappa shape index (κ1) is 26.0. The van der Waals surface area contributed by atoms with Crippen molar-refractivity contribution in [3.63, 3.8) is 0 Å². The van der Waals surface area contributed by atoms with E-state index in [0.29, 0.717) is 27.7 Å². The summed E-state index contributed by atoms with van der Waals surface area (Å²) in [6.45, 7) is 1.25. The summed E-state index contributed by atoms with van der Waals surface area (Å²) >= 11 is 6.77. The van der Waals surface area contributed by atoms with E-state index in [-0.39, 0.29) is 17.4 Å². The molecule has 0 spiro atoms. The summed E-state index contributed by atoms with van der Waals surface area (Å²) in [5.74, 6) is -1.13. The maximum Gasteiger partial charge on any atom is 0.294 e. The number of ether oxygens (including phenoxy) is 1. The third-order valence-electron chi connectivity index (χ3n) is 5.22. The average molecular weight is 536 g/mol. The molecule has 1 fully saturated rings. The van der Waals surface area contributed by atoms with E-state index in [1.165, 1.54) is 6.08 Å². The van der Waals surface area contributed by atoms with E-state index in [0.717, 1.165) is 22.2 Å². The zero-order chi connectivity index (χ0) is 26.4. The van der Waals surface area contributed by atoms with E-state index in [1.807, 2.05) is 19.1 Å². The number of carbonyl (C=O) groups is 4. The van der Waals surface area contributed by atoms with Crippen molar-refractivity contribution in [2.24, 2.45) is 0 Å². The monoisotopic (exact) mass is 535 g/mol. The normalized spacial score (nSPS) is 14.1. The molecule has 4 rings (SSSR count). The Kier molecular flexibility index (Phi) is 8.27. The molecular formula is C27H22ClN3O5S. The molecule has 1 aliphatic heterocycles. The highest BCUT2D eigenvalue weighted by molar-refractivity contribution is 8.18. The van der Waals surface area contributed by atoms with E-state index < -0.39 is 23.6 Å². The SMILES string of the molecule is Cc1ccc(NC(=O)COc2ccccc2/C=C2/SC(=O)N(CC(=O)Nc3ccccc3Cl)C2=O)cc1. The van der Waals surface area contributed by atoms with Gasteiger partial charge < -0.3 is 15.4 Å². The molecule has 0 bridgehead atoms. The topological polar surface area (TPSA) is 105 Å². The maximum atomic E-state index is 12.9. The third kappa shape index (κ3) is 6.78. The Hall–Kier alpha value is -4.08. The molecule has 37 heavy (non-hydrogen) atoms. The van der Waals surface area contributed by atoms with E-state index in [1.54, 1.807) is 60.7 Å². The zero-order valence-corrected chi connectivity index (χ0v) is 21.3. The molecule has 188 valence electrons. The zero-order valence-electron chi connectivity index (χ0n) is 19.7. The predicted octanol–water partition coefficient (Wildman–Crippen LogP) is 5.34. The number of aryl methyl sites for hydroxylation is 1. The van der Waals surface area contributed by atoms with Crippen LogP contribution in [0.25, 0.3) is 6.08 Å². The number of benzene rings is 3. The highest BCUT2D eigenvalue weighted by Crippen LogP contribution is 2.34. The number of halogens is 1. The lowest BCUT2D eigenvalue weighted by atomic mass is 10.2. The van der Waals surface area contributed by atoms with Crippen LogP contribution in [0.15, 0.2) is 77.7 Å². The first-order chi connectivity index (χ1) is 17.8. The Labute approximate surface area is 222 Å². The minimum Gasteiger partial charge on any atom is -0.483 e. The van der Waals surface area contributed by atoms with Crippen molar-refractivity contribution in [1.82, 2.24) is 4.90 Å². The van der Waals surface area contributed by atoms with Crippen LogP contribution in [0.2, 0.25) is 5.02 Å². The van der Waals surface area contributed by atoms with Gasteiger partial charge in [-0.15, -0.1) is 0 Å². The molecule has 0 radical (unpaired) electrons. The smallest absolute Gasteiger partial charge is 0.294 e. The Bertz CT molecular complexity index is 1390. The largest absolute Gasteiger partial charge is 0.483 e. The molecule has 8 nitrogen and oxygen atoms in total. The number of amides is 4. The van der Waals surface area contributed by atoms with Gasteiger partial charge >= 0.3 is 0 Å². The van der Waals surface area contributed by atoms with Crippen LogP contribution in [0, 0.1) is 6.92 Å². The molecule has 0 unspecified atom stereocenters. The first-order valence-electron chi connectivity index (χ1n) is 11.2. The van der Waals surface area contributed by atoms with Gasteiger partial charge in [-0.25, -0.2) is 0 Å². The first-order valence-corrected chi connectivity index (χ1v) is 12.4. The summed E-state index contributed by atoms with van der Waals surface area (Å²) in [6.07, 6.45) is 1.50. The molecule has 1 heterocycles. The highest BCUT2D eigenvalue weighted by atomic mass is 35.5. The summed E-state index contributed by atoms with van der Waals surface area (Å²) < 4.78 is 5.68. The van der Waals surface area contributed by atoms with Crippen molar-refractivity contribution in [2.45, 2.75) is 6.92 Å². The summed E-state index contributed by atoms with van der Waals surface area (Å²) in [5, 5.41) is 5.12. The highest BCUT2D eigenvalue weighted by Gasteiger charge is 2.36. The number of thioether (sulfide) groups is 1. The fourth-order valence-corrected chi connectivity index (χ4v) is 4.39. The van der Waals surface area contributed by atoms with Gasteiger partial charge in [0.05, 0.1) is 15.6 Å². The van der Waals surface area contributed by atoms with Crippen molar-refractivity contribution in [2.75, 3.05) is 23.8 Å². The van der Waals surface area contributed by atoms with Crippen molar-refractivity contribution in [1.29, 1.82) is 0 Å². The summed E-state index contributed by atoms with van der Waals surface area (Å²) in [7, 11) is 0. The second kappa shape index (κ2) is 11.8. The van der Waals surface area contributed by atoms with Crippen molar-refractivity contribution < 1.29 is 23.9 Å². The van der Waals surface area contributed by atoms with Gasteiger partial charge in [0.1, 0.15) is 12.3 Å². The molecular weight excluding hydrogens is 514 g/mol. The average Bonchev–Trinajstić information content (AvgIpc) is 3.13. The van der Waals surface area contributed by atoms with Gasteiger partial charge in [0.15, 0.2) is 6.61 Å². The van der Waals surface area contributed by atoms with Crippen LogP contribution in [0.4, 0.5) is 16.2 Å². The number of rotatable bonds is 8. The third-order valence-corrected chi connectivity index (χ3v) is 6.46. The van der Waals surface area contributed by atoms with Crippen LogP contribution in [-0.4, -0.2) is 41.0 Å². The molecule has 1 saturated heterocycles. The van der Waals surface area contributed by atoms with Crippen LogP contribution in [0.3, 0.4) is 0 Å². The number of para-hydroxylation sites is 2. The van der Waals surface area contributed by atoms with Gasteiger partial charge in [0.25, 0.3) is 17.1 Å². The lowest BCUT2D eigenvalue weighted by molar-refractivity contribution is -0.127. The molecule has 0 aliphatic carbocycles. The number of imide groups is 1. The number of nitrogens with one attached hydrogen (secondary N) is 2. The molecule has 10 heteroatoms. The summed E-state index contributed by atoms with van der Waals surface area (Å²) in [5.41, 5.74) is 2.62. The maximum absolute atomic E-state index is 12.9. The standard InChI is InChI=1S/C27H22ClN3O5S/c1-17-10-12-19(13-11-17)29-25(33)16-36-22-9-5-2-6-18(22)14-23-26(34)31(27(35)37-23)15-24(32)30-21-8-4-3-7-20(21)28/h2-14H,15-16H2,1H3,(H,29,33)(H,30,32)/b23-14+. The van der Waals surface area contributed by atoms with Gasteiger partial charge in [-0.2, -0.15) is 0 Å². The lowest BCUT2D eigenvalue weighted by Crippen LogP contribution is -2.36. The molecule has 3 aromatic rings. The minimum atomic E-state index is -0.601. The van der Waals surface area contributed by atoms with E-state index in [4.69, 9.17) is 16.3 Å². The van der Waals surface area contributed by atoms with E-state index in [2.05, 4.69) is 10.6 Å². The minimum absolute atomic E-state index is 0.135. The van der Waals surface area contributed by atoms with Crippen LogP contribution in [0.1, 0.15) is 11.1 Å². The quantitative estimate of drug-likeness (QED) is 0.377. The van der Waals surface area contributed by atoms with Gasteiger partial charge in [-0.05, 0) is 55.1 Å². The van der Waals surface area contributed by atoms with Crippen molar-refractivity contribution >= 4 is 63.8 Å². The van der Waals surface area contributed by atoms with E-state index >= 15 is 0 Å². The molecule has 0 saturated carbocycles. The van der Waals surface area contributed by atoms with Gasteiger partial charge in [0, 0.05) is 11.3 Å². The van der Waals surface area contributed by atoms with Crippen LogP contribution < -0.4 is 15.4 Å². The molecule has 2 N–H and O–H groups in total. The number of hydrogen-bond donors (Lipinski definition) is 2. The number of nitrogens with zero attached hydrogens (tertiary/aromatic N) is 1. The molecule has 0 aromatic heterocycles. The van der Waals surface area contributed by atoms with Gasteiger partial charge in [-0.1, -0.05) is 59.6 Å². The van der Waals surface area contributed by atoms with Crippen LogP contribution >= 0.6 is 23.4 Å². The fraction of sp³-hybridized carbons (Fsp3) is 0.111. The van der Waals surface area contributed by atoms with Crippen LogP contribution in [-0.2, 0) is 14.4 Å². The summed E-state index contributed by atoms with van der Waals surface area (Å²) in [4.78, 5) is 51.1. The van der Waals surface area contributed by atoms with Gasteiger partial charge in [0.2, 0.25) is 5.91 Å². The summed E-state index contributed by atoms with van der Waals surface area (Å²) in [6, 6.07) is 20.9. The molecule has 4 amide bonds. The Morgan fingerprint density at radius 2 is 1.65 bits per heavy atom. The molecule has 1 aliphatic rings. The number of anilines is 2. The molecule has 3 aromatic carbocycles. The van der Waals surface area contributed by atoms with E-state index in [9.17, 15) is 19.2 Å². The Balaban J connectivity index is 1.40. The Morgan fingerprint density at radius 1 is 0.946 bits per heavy atom. The Morgan fingerprint density at radius 3 is 2.41 bits per heavy atom.